The number of hydrogen-bond donors (Lipinski definition) is 0. The van der Waals surface area contributed by atoms with E-state index in [2.05, 4.69) is 50.4 Å². The van der Waals surface area contributed by atoms with Gasteiger partial charge in [-0.25, -0.2) is 0 Å². The van der Waals surface area contributed by atoms with Crippen molar-refractivity contribution in [3.05, 3.63) is 52.9 Å². The van der Waals surface area contributed by atoms with Crippen LogP contribution in [-0.2, 0) is 12.8 Å². The third-order valence-corrected chi connectivity index (χ3v) is 3.48. The van der Waals surface area contributed by atoms with Gasteiger partial charge < -0.3 is 0 Å². The summed E-state index contributed by atoms with van der Waals surface area (Å²) in [5, 5.41) is 4.37. The van der Waals surface area contributed by atoms with E-state index in [1.807, 2.05) is 6.20 Å². The van der Waals surface area contributed by atoms with Gasteiger partial charge in [0, 0.05) is 17.5 Å². The van der Waals surface area contributed by atoms with Crippen LogP contribution in [-0.4, -0.2) is 0 Å². The molecule has 0 spiro atoms. The van der Waals surface area contributed by atoms with Gasteiger partial charge in [-0.1, -0.05) is 44.9 Å². The number of hydrogen-bond acceptors (Lipinski definition) is 0. The van der Waals surface area contributed by atoms with E-state index in [1.165, 1.54) is 41.5 Å². The SMILES string of the molecule is CCCc1cccc(C2=C(C)[N]C=C2)c1CCC. The standard InChI is InChI=1S/C17H22N/c1-4-7-14-9-6-10-17(16(14)8-5-2)15-11-12-18-13(15)3/h6,9-12H,4-5,7-8H2,1-3H3. The van der Waals surface area contributed by atoms with Crippen molar-refractivity contribution in [3.8, 4) is 0 Å². The number of allylic oxidation sites excluding steroid dienone is 3. The molecule has 0 fully saturated rings. The Kier molecular flexibility index (Phi) is 4.24. The van der Waals surface area contributed by atoms with E-state index < -0.39 is 0 Å². The lowest BCUT2D eigenvalue weighted by atomic mass is 9.90. The van der Waals surface area contributed by atoms with Crippen molar-refractivity contribution >= 4 is 5.57 Å². The van der Waals surface area contributed by atoms with Crippen LogP contribution >= 0.6 is 0 Å². The number of rotatable bonds is 5. The Morgan fingerprint density at radius 1 is 1.06 bits per heavy atom. The quantitative estimate of drug-likeness (QED) is 0.721. The molecule has 0 saturated carbocycles. The first-order valence-electron chi connectivity index (χ1n) is 6.97. The van der Waals surface area contributed by atoms with Gasteiger partial charge in [0.1, 0.15) is 0 Å². The number of benzene rings is 1. The van der Waals surface area contributed by atoms with Crippen LogP contribution in [0.25, 0.3) is 5.57 Å². The topological polar surface area (TPSA) is 14.1 Å². The molecule has 1 radical (unpaired) electrons. The molecule has 95 valence electrons. The van der Waals surface area contributed by atoms with Gasteiger partial charge in [-0.15, -0.1) is 0 Å². The van der Waals surface area contributed by atoms with E-state index in [9.17, 15) is 0 Å². The lowest BCUT2D eigenvalue weighted by Gasteiger charge is -2.14. The molecule has 1 aliphatic heterocycles. The molecule has 0 amide bonds. The van der Waals surface area contributed by atoms with E-state index in [4.69, 9.17) is 0 Å². The van der Waals surface area contributed by atoms with Gasteiger partial charge >= 0.3 is 0 Å². The van der Waals surface area contributed by atoms with E-state index in [0.717, 1.165) is 12.1 Å². The lowest BCUT2D eigenvalue weighted by Crippen LogP contribution is -2.00. The Hall–Kier alpha value is -1.50. The maximum Gasteiger partial charge on any atom is 0.0451 e. The third-order valence-electron chi connectivity index (χ3n) is 3.48. The van der Waals surface area contributed by atoms with E-state index in [1.54, 1.807) is 0 Å². The normalized spacial score (nSPS) is 14.2. The highest BCUT2D eigenvalue weighted by Crippen LogP contribution is 2.29. The van der Waals surface area contributed by atoms with E-state index in [0.29, 0.717) is 0 Å². The second-order valence-corrected chi connectivity index (χ2v) is 4.89. The fourth-order valence-electron chi connectivity index (χ4n) is 2.63. The molecule has 1 aromatic carbocycles. The fraction of sp³-hybridized carbons (Fsp3) is 0.412. The first-order chi connectivity index (χ1) is 8.77. The summed E-state index contributed by atoms with van der Waals surface area (Å²) >= 11 is 0. The Balaban J connectivity index is 2.49. The third kappa shape index (κ3) is 2.50. The molecule has 0 saturated heterocycles. The first-order valence-corrected chi connectivity index (χ1v) is 6.97. The summed E-state index contributed by atoms with van der Waals surface area (Å²) in [5.74, 6) is 0. The van der Waals surface area contributed by atoms with Gasteiger partial charge in [-0.3, -0.25) is 5.32 Å². The van der Waals surface area contributed by atoms with Crippen LogP contribution in [0, 0.1) is 0 Å². The van der Waals surface area contributed by atoms with Crippen molar-refractivity contribution in [2.45, 2.75) is 46.5 Å². The van der Waals surface area contributed by atoms with E-state index >= 15 is 0 Å². The van der Waals surface area contributed by atoms with Crippen LogP contribution in [0.2, 0.25) is 0 Å². The molecule has 1 aliphatic rings. The highest BCUT2D eigenvalue weighted by Gasteiger charge is 2.14. The summed E-state index contributed by atoms with van der Waals surface area (Å²) in [6, 6.07) is 6.71. The van der Waals surface area contributed by atoms with Crippen LogP contribution in [0.5, 0.6) is 0 Å². The van der Waals surface area contributed by atoms with Gasteiger partial charge in [-0.2, -0.15) is 0 Å². The van der Waals surface area contributed by atoms with Crippen molar-refractivity contribution in [2.75, 3.05) is 0 Å². The Morgan fingerprint density at radius 2 is 1.83 bits per heavy atom. The molecule has 18 heavy (non-hydrogen) atoms. The van der Waals surface area contributed by atoms with Crippen molar-refractivity contribution in [1.82, 2.24) is 5.32 Å². The van der Waals surface area contributed by atoms with Crippen LogP contribution in [0.3, 0.4) is 0 Å². The first kappa shape index (κ1) is 12.9. The molecule has 0 N–H and O–H groups in total. The van der Waals surface area contributed by atoms with Crippen LogP contribution < -0.4 is 5.32 Å². The van der Waals surface area contributed by atoms with Gasteiger partial charge in [0.15, 0.2) is 0 Å². The molecular formula is C17H22N. The predicted molar refractivity (Wildman–Crippen MR) is 78.3 cm³/mol. The monoisotopic (exact) mass is 240 g/mol. The molecular weight excluding hydrogens is 218 g/mol. The summed E-state index contributed by atoms with van der Waals surface area (Å²) in [7, 11) is 0. The van der Waals surface area contributed by atoms with Crippen LogP contribution in [0.15, 0.2) is 36.2 Å². The molecule has 1 nitrogen and oxygen atoms in total. The second-order valence-electron chi connectivity index (χ2n) is 4.89. The minimum Gasteiger partial charge on any atom is -0.261 e. The highest BCUT2D eigenvalue weighted by molar-refractivity contribution is 5.80. The second kappa shape index (κ2) is 5.90. The molecule has 1 heteroatoms. The Bertz CT molecular complexity index is 480. The Morgan fingerprint density at radius 3 is 2.44 bits per heavy atom. The lowest BCUT2D eigenvalue weighted by molar-refractivity contribution is 0.858. The van der Waals surface area contributed by atoms with Gasteiger partial charge in [0.25, 0.3) is 0 Å². The highest BCUT2D eigenvalue weighted by atomic mass is 14.9. The zero-order valence-electron chi connectivity index (χ0n) is 11.7. The summed E-state index contributed by atoms with van der Waals surface area (Å²) in [5.41, 5.74) is 6.87. The minimum absolute atomic E-state index is 1.14. The molecule has 0 bridgehead atoms. The zero-order chi connectivity index (χ0) is 13.0. The van der Waals surface area contributed by atoms with Crippen molar-refractivity contribution in [1.29, 1.82) is 0 Å². The van der Waals surface area contributed by atoms with Crippen LogP contribution in [0.4, 0.5) is 0 Å². The van der Waals surface area contributed by atoms with Crippen molar-refractivity contribution < 1.29 is 0 Å². The van der Waals surface area contributed by atoms with Gasteiger partial charge in [0.2, 0.25) is 0 Å². The van der Waals surface area contributed by atoms with Gasteiger partial charge in [-0.05, 0) is 42.5 Å². The minimum atomic E-state index is 1.14. The zero-order valence-corrected chi connectivity index (χ0v) is 11.7. The largest absolute Gasteiger partial charge is 0.261 e. The Labute approximate surface area is 111 Å². The van der Waals surface area contributed by atoms with Gasteiger partial charge in [0.05, 0.1) is 0 Å². The molecule has 1 heterocycles. The molecule has 0 aromatic heterocycles. The smallest absolute Gasteiger partial charge is 0.0451 e. The maximum absolute atomic E-state index is 4.37. The summed E-state index contributed by atoms with van der Waals surface area (Å²) < 4.78 is 0. The molecule has 0 atom stereocenters. The predicted octanol–water partition coefficient (Wildman–Crippen LogP) is 4.45. The molecule has 0 unspecified atom stereocenters. The number of aryl methyl sites for hydroxylation is 1. The van der Waals surface area contributed by atoms with Crippen molar-refractivity contribution in [3.63, 3.8) is 0 Å². The summed E-state index contributed by atoms with van der Waals surface area (Å²) in [4.78, 5) is 0. The maximum atomic E-state index is 4.37. The molecule has 1 aromatic rings. The molecule has 0 aliphatic carbocycles. The number of nitrogens with zero attached hydrogens (tertiary/aromatic N) is 1. The van der Waals surface area contributed by atoms with Crippen molar-refractivity contribution in [2.24, 2.45) is 0 Å². The average Bonchev–Trinajstić information content (AvgIpc) is 2.78. The average molecular weight is 240 g/mol. The molecule has 2 rings (SSSR count). The summed E-state index contributed by atoms with van der Waals surface area (Å²) in [6.45, 7) is 6.60. The fourth-order valence-corrected chi connectivity index (χ4v) is 2.63. The van der Waals surface area contributed by atoms with E-state index in [-0.39, 0.29) is 0 Å². The van der Waals surface area contributed by atoms with Crippen LogP contribution in [0.1, 0.15) is 50.3 Å². The summed E-state index contributed by atoms with van der Waals surface area (Å²) in [6.07, 6.45) is 8.79.